The molecule has 0 radical (unpaired) electrons. The fraction of sp³-hybridized carbons (Fsp3) is 0.462. The Morgan fingerprint density at radius 1 is 1.33 bits per heavy atom. The summed E-state index contributed by atoms with van der Waals surface area (Å²) in [5, 5.41) is 0.474. The van der Waals surface area contributed by atoms with Crippen LogP contribution in [0.3, 0.4) is 0 Å². The number of hydrogen-bond donors (Lipinski definition) is 0. The number of halogens is 2. The van der Waals surface area contributed by atoms with E-state index >= 15 is 0 Å². The Hall–Kier alpha value is -0.980. The van der Waals surface area contributed by atoms with Gasteiger partial charge in [-0.05, 0) is 18.6 Å². The molecule has 1 saturated heterocycles. The molecule has 2 rings (SSSR count). The van der Waals surface area contributed by atoms with Crippen LogP contribution in [-0.2, 0) is 9.84 Å². The predicted octanol–water partition coefficient (Wildman–Crippen LogP) is 2.26. The van der Waals surface area contributed by atoms with Crippen molar-refractivity contribution in [2.24, 2.45) is 0 Å². The molecule has 1 aliphatic rings. The van der Waals surface area contributed by atoms with Gasteiger partial charge in [0.15, 0.2) is 15.6 Å². The highest BCUT2D eigenvalue weighted by molar-refractivity contribution is 7.91. The summed E-state index contributed by atoms with van der Waals surface area (Å²) in [5.41, 5.74) is 0.303. The van der Waals surface area contributed by atoms with Gasteiger partial charge in [0.2, 0.25) is 0 Å². The standard InChI is InChI=1S/C13H15Cl2NO4S/c1-16(9-3-4-21(18,19)7-9)13(17)8-5-10(14)12(20-2)11(15)6-8/h5-6,9H,3-4,7H2,1-2H3/t9-/m0/s1. The molecule has 21 heavy (non-hydrogen) atoms. The highest BCUT2D eigenvalue weighted by Gasteiger charge is 2.33. The quantitative estimate of drug-likeness (QED) is 0.837. The van der Waals surface area contributed by atoms with Gasteiger partial charge in [0.1, 0.15) is 0 Å². The number of nitrogens with zero attached hydrogens (tertiary/aromatic N) is 1. The van der Waals surface area contributed by atoms with E-state index in [1.165, 1.54) is 24.1 Å². The Bertz CT molecular complexity index is 652. The molecule has 1 amide bonds. The van der Waals surface area contributed by atoms with Gasteiger partial charge in [-0.25, -0.2) is 8.42 Å². The van der Waals surface area contributed by atoms with Crippen LogP contribution >= 0.6 is 23.2 Å². The number of sulfone groups is 1. The third-order valence-corrected chi connectivity index (χ3v) is 5.84. The predicted molar refractivity (Wildman–Crippen MR) is 82.2 cm³/mol. The van der Waals surface area contributed by atoms with Gasteiger partial charge in [-0.1, -0.05) is 23.2 Å². The molecule has 5 nitrogen and oxygen atoms in total. The second-order valence-electron chi connectivity index (χ2n) is 4.95. The molecule has 0 aliphatic carbocycles. The molecular weight excluding hydrogens is 337 g/mol. The molecule has 0 aromatic heterocycles. The minimum atomic E-state index is -3.05. The lowest BCUT2D eigenvalue weighted by atomic mass is 10.1. The number of carbonyl (C=O) groups is 1. The molecule has 0 unspecified atom stereocenters. The monoisotopic (exact) mass is 351 g/mol. The van der Waals surface area contributed by atoms with Crippen LogP contribution in [0.25, 0.3) is 0 Å². The van der Waals surface area contributed by atoms with Gasteiger partial charge in [0, 0.05) is 18.7 Å². The van der Waals surface area contributed by atoms with E-state index in [0.717, 1.165) is 0 Å². The highest BCUT2D eigenvalue weighted by atomic mass is 35.5. The van der Waals surface area contributed by atoms with Crippen LogP contribution in [-0.4, -0.2) is 50.9 Å². The van der Waals surface area contributed by atoms with E-state index < -0.39 is 9.84 Å². The van der Waals surface area contributed by atoms with Crippen molar-refractivity contribution in [1.82, 2.24) is 4.90 Å². The molecule has 1 atom stereocenters. The first-order valence-corrected chi connectivity index (χ1v) is 8.83. The third kappa shape index (κ3) is 3.44. The van der Waals surface area contributed by atoms with Crippen molar-refractivity contribution in [2.45, 2.75) is 12.5 Å². The number of carbonyl (C=O) groups excluding carboxylic acids is 1. The molecule has 0 saturated carbocycles. The third-order valence-electron chi connectivity index (χ3n) is 3.53. The van der Waals surface area contributed by atoms with Crippen molar-refractivity contribution in [1.29, 1.82) is 0 Å². The van der Waals surface area contributed by atoms with Gasteiger partial charge in [-0.2, -0.15) is 0 Å². The number of amides is 1. The zero-order valence-electron chi connectivity index (χ0n) is 11.6. The Kier molecular flexibility index (Phi) is 4.70. The molecule has 1 aromatic rings. The van der Waals surface area contributed by atoms with Crippen molar-refractivity contribution < 1.29 is 17.9 Å². The van der Waals surface area contributed by atoms with Crippen LogP contribution in [0.5, 0.6) is 5.75 Å². The normalized spacial score (nSPS) is 20.3. The zero-order chi connectivity index (χ0) is 15.8. The molecule has 8 heteroatoms. The minimum Gasteiger partial charge on any atom is -0.494 e. The number of rotatable bonds is 3. The number of methoxy groups -OCH3 is 1. The topological polar surface area (TPSA) is 63.7 Å². The van der Waals surface area contributed by atoms with Crippen LogP contribution in [0.2, 0.25) is 10.0 Å². The van der Waals surface area contributed by atoms with E-state index in [-0.39, 0.29) is 33.5 Å². The molecule has 116 valence electrons. The van der Waals surface area contributed by atoms with E-state index in [4.69, 9.17) is 27.9 Å². The maximum atomic E-state index is 12.4. The summed E-state index contributed by atoms with van der Waals surface area (Å²) in [6.07, 6.45) is 0.447. The van der Waals surface area contributed by atoms with Gasteiger partial charge in [-0.15, -0.1) is 0 Å². The van der Waals surface area contributed by atoms with E-state index in [0.29, 0.717) is 17.7 Å². The van der Waals surface area contributed by atoms with Crippen LogP contribution < -0.4 is 4.74 Å². The molecule has 0 bridgehead atoms. The molecule has 1 fully saturated rings. The molecule has 0 spiro atoms. The van der Waals surface area contributed by atoms with Crippen LogP contribution in [0.1, 0.15) is 16.8 Å². The van der Waals surface area contributed by atoms with Crippen molar-refractivity contribution in [3.05, 3.63) is 27.7 Å². The maximum Gasteiger partial charge on any atom is 0.253 e. The largest absolute Gasteiger partial charge is 0.494 e. The van der Waals surface area contributed by atoms with E-state index in [1.807, 2.05) is 0 Å². The Labute approximate surface area is 133 Å². The number of ether oxygens (including phenoxy) is 1. The fourth-order valence-corrected chi connectivity index (χ4v) is 4.74. The van der Waals surface area contributed by atoms with Gasteiger partial charge in [0.25, 0.3) is 5.91 Å². The first-order valence-electron chi connectivity index (χ1n) is 6.26. The molecule has 1 aliphatic heterocycles. The lowest BCUT2D eigenvalue weighted by Crippen LogP contribution is -2.37. The fourth-order valence-electron chi connectivity index (χ4n) is 2.33. The summed E-state index contributed by atoms with van der Waals surface area (Å²) in [4.78, 5) is 13.8. The average molecular weight is 352 g/mol. The van der Waals surface area contributed by atoms with Crippen LogP contribution in [0.15, 0.2) is 12.1 Å². The van der Waals surface area contributed by atoms with Gasteiger partial charge >= 0.3 is 0 Å². The lowest BCUT2D eigenvalue weighted by molar-refractivity contribution is 0.0747. The number of hydrogen-bond acceptors (Lipinski definition) is 4. The summed E-state index contributed by atoms with van der Waals surface area (Å²) >= 11 is 12.0. The van der Waals surface area contributed by atoms with Gasteiger partial charge in [0.05, 0.1) is 28.7 Å². The number of benzene rings is 1. The van der Waals surface area contributed by atoms with Crippen molar-refractivity contribution in [3.8, 4) is 5.75 Å². The SMILES string of the molecule is COc1c(Cl)cc(C(=O)N(C)[C@H]2CCS(=O)(=O)C2)cc1Cl. The minimum absolute atomic E-state index is 0.00708. The van der Waals surface area contributed by atoms with Crippen molar-refractivity contribution >= 4 is 38.9 Å². The summed E-state index contributed by atoms with van der Waals surface area (Å²) in [6.45, 7) is 0. The summed E-state index contributed by atoms with van der Waals surface area (Å²) in [5.74, 6) is 0.0938. The Morgan fingerprint density at radius 2 is 1.90 bits per heavy atom. The van der Waals surface area contributed by atoms with E-state index in [9.17, 15) is 13.2 Å². The van der Waals surface area contributed by atoms with Gasteiger partial charge < -0.3 is 9.64 Å². The molecule has 1 aromatic carbocycles. The summed E-state index contributed by atoms with van der Waals surface area (Å²) in [6, 6.07) is 2.62. The first-order chi connectivity index (χ1) is 9.75. The average Bonchev–Trinajstić information content (AvgIpc) is 2.77. The summed E-state index contributed by atoms with van der Waals surface area (Å²) < 4.78 is 28.0. The molecular formula is C13H15Cl2NO4S. The van der Waals surface area contributed by atoms with Crippen LogP contribution in [0.4, 0.5) is 0 Å². The van der Waals surface area contributed by atoms with E-state index in [2.05, 4.69) is 0 Å². The molecule has 0 N–H and O–H groups in total. The smallest absolute Gasteiger partial charge is 0.253 e. The highest BCUT2D eigenvalue weighted by Crippen LogP contribution is 2.34. The van der Waals surface area contributed by atoms with Gasteiger partial charge in [-0.3, -0.25) is 4.79 Å². The lowest BCUT2D eigenvalue weighted by Gasteiger charge is -2.23. The maximum absolute atomic E-state index is 12.4. The Morgan fingerprint density at radius 3 is 2.33 bits per heavy atom. The molecule has 1 heterocycles. The zero-order valence-corrected chi connectivity index (χ0v) is 13.9. The second kappa shape index (κ2) is 6.02. The van der Waals surface area contributed by atoms with E-state index in [1.54, 1.807) is 7.05 Å². The first kappa shape index (κ1) is 16.4. The Balaban J connectivity index is 2.24. The van der Waals surface area contributed by atoms with Crippen LogP contribution in [0, 0.1) is 0 Å². The van der Waals surface area contributed by atoms with Crippen molar-refractivity contribution in [3.63, 3.8) is 0 Å². The second-order valence-corrected chi connectivity index (χ2v) is 7.99. The van der Waals surface area contributed by atoms with Crippen molar-refractivity contribution in [2.75, 3.05) is 25.7 Å². The summed E-state index contributed by atoms with van der Waals surface area (Å²) in [7, 11) is -0.0314.